The Labute approximate surface area is 258 Å². The van der Waals surface area contributed by atoms with E-state index in [0.717, 1.165) is 61.5 Å². The quantitative estimate of drug-likeness (QED) is 0.313. The number of hydrogen-bond donors (Lipinski definition) is 0. The zero-order valence-electron chi connectivity index (χ0n) is 23.7. The summed E-state index contributed by atoms with van der Waals surface area (Å²) in [6.07, 6.45) is 1.80. The first-order chi connectivity index (χ1) is 19.1. The highest BCUT2D eigenvalue weighted by Gasteiger charge is 2.32. The zero-order valence-corrected chi connectivity index (χ0v) is 26.9. The van der Waals surface area contributed by atoms with Crippen LogP contribution in [0.1, 0.15) is 42.6 Å². The number of anilines is 1. The number of sulfonamides is 1. The number of aromatic nitrogens is 1. The molecule has 0 spiro atoms. The van der Waals surface area contributed by atoms with Crippen molar-refractivity contribution in [3.63, 3.8) is 0 Å². The van der Waals surface area contributed by atoms with Gasteiger partial charge in [-0.05, 0) is 73.6 Å². The van der Waals surface area contributed by atoms with Crippen molar-refractivity contribution in [2.45, 2.75) is 38.5 Å². The highest BCUT2D eigenvalue weighted by atomic mass is 35.5. The number of piperidine rings is 1. The van der Waals surface area contributed by atoms with Crippen LogP contribution in [0.5, 0.6) is 0 Å². The normalized spacial score (nSPS) is 20.6. The third-order valence-electron chi connectivity index (χ3n) is 7.75. The molecule has 5 rings (SSSR count). The maximum atomic E-state index is 13.9. The summed E-state index contributed by atoms with van der Waals surface area (Å²) in [7, 11) is -3.63. The molecule has 41 heavy (non-hydrogen) atoms. The molecular formula is C29H38Cl2N4O4S2. The average molecular weight is 642 g/mol. The average Bonchev–Trinajstić information content (AvgIpc) is 3.38. The first kappa shape index (κ1) is 32.1. The summed E-state index contributed by atoms with van der Waals surface area (Å²) in [4.78, 5) is 23.0. The van der Waals surface area contributed by atoms with Crippen molar-refractivity contribution in [2.24, 2.45) is 11.8 Å². The maximum absolute atomic E-state index is 13.9. The Morgan fingerprint density at radius 3 is 2.41 bits per heavy atom. The topological polar surface area (TPSA) is 83.0 Å². The number of aryl methyl sites for hydroxylation is 1. The fourth-order valence-corrected chi connectivity index (χ4v) is 8.52. The molecule has 0 N–H and O–H groups in total. The Bertz CT molecular complexity index is 1450. The predicted molar refractivity (Wildman–Crippen MR) is 168 cm³/mol. The van der Waals surface area contributed by atoms with E-state index >= 15 is 0 Å². The first-order valence-electron chi connectivity index (χ1n) is 13.9. The standard InChI is InChI=1S/C29H37ClN4O4S2.ClH/c1-20-17-21(2)19-33(18-20)40(36,37)24-7-5-23(6-8-24)28(35)34(12-4-11-32-13-15-38-16-14-32)29-31-27-22(3)25(30)9-10-26(27)39-29;/h5-10,20-21H,4,11-19H2,1-3H3;1H. The molecule has 3 heterocycles. The molecule has 0 bridgehead atoms. The molecule has 1 aromatic heterocycles. The molecule has 2 aliphatic heterocycles. The number of rotatable bonds is 8. The molecule has 2 aromatic carbocycles. The van der Waals surface area contributed by atoms with Crippen LogP contribution < -0.4 is 4.90 Å². The molecule has 3 aromatic rings. The summed E-state index contributed by atoms with van der Waals surface area (Å²) in [6.45, 7) is 11.7. The van der Waals surface area contributed by atoms with Gasteiger partial charge in [0.2, 0.25) is 10.0 Å². The monoisotopic (exact) mass is 640 g/mol. The lowest BCUT2D eigenvalue weighted by molar-refractivity contribution is 0.0376. The Morgan fingerprint density at radius 2 is 1.76 bits per heavy atom. The SMILES string of the molecule is Cc1c(Cl)ccc2sc(N(CCCN3CCOCC3)C(=O)c3ccc(S(=O)(=O)N4CC(C)CC(C)C4)cc3)nc12.Cl. The second-order valence-electron chi connectivity index (χ2n) is 11.1. The van der Waals surface area contributed by atoms with Crippen LogP contribution in [0, 0.1) is 18.8 Å². The molecule has 12 heteroatoms. The molecule has 2 unspecified atom stereocenters. The second-order valence-corrected chi connectivity index (χ2v) is 14.4. The molecule has 224 valence electrons. The first-order valence-corrected chi connectivity index (χ1v) is 16.5. The number of ether oxygens (including phenoxy) is 1. The van der Waals surface area contributed by atoms with E-state index in [1.54, 1.807) is 33.5 Å². The summed E-state index contributed by atoms with van der Waals surface area (Å²) in [6, 6.07) is 10.1. The number of morpholine rings is 1. The molecule has 2 aliphatic rings. The molecule has 0 aliphatic carbocycles. The Balaban J connectivity index is 0.00000387. The lowest BCUT2D eigenvalue weighted by Crippen LogP contribution is -2.42. The molecule has 2 atom stereocenters. The van der Waals surface area contributed by atoms with Gasteiger partial charge in [0.15, 0.2) is 5.13 Å². The molecule has 0 saturated carbocycles. The van der Waals surface area contributed by atoms with Gasteiger partial charge in [0.1, 0.15) is 0 Å². The lowest BCUT2D eigenvalue weighted by atomic mass is 9.94. The molecular weight excluding hydrogens is 603 g/mol. The Hall–Kier alpha value is -1.79. The minimum atomic E-state index is -3.63. The van der Waals surface area contributed by atoms with Crippen molar-refractivity contribution in [3.8, 4) is 0 Å². The molecule has 2 fully saturated rings. The van der Waals surface area contributed by atoms with Gasteiger partial charge in [-0.1, -0.05) is 36.8 Å². The number of fused-ring (bicyclic) bond motifs is 1. The Kier molecular flexibility index (Phi) is 10.7. The third kappa shape index (κ3) is 7.24. The van der Waals surface area contributed by atoms with Crippen LogP contribution >= 0.6 is 35.3 Å². The number of nitrogens with zero attached hydrogens (tertiary/aromatic N) is 4. The van der Waals surface area contributed by atoms with Gasteiger partial charge < -0.3 is 4.74 Å². The molecule has 2 saturated heterocycles. The number of halogens is 2. The van der Waals surface area contributed by atoms with Crippen LogP contribution in [-0.2, 0) is 14.8 Å². The van der Waals surface area contributed by atoms with Crippen LogP contribution in [0.15, 0.2) is 41.3 Å². The van der Waals surface area contributed by atoms with Crippen LogP contribution in [0.25, 0.3) is 10.2 Å². The van der Waals surface area contributed by atoms with E-state index in [1.807, 2.05) is 19.1 Å². The molecule has 0 radical (unpaired) electrons. The van der Waals surface area contributed by atoms with Gasteiger partial charge in [0.25, 0.3) is 5.91 Å². The zero-order chi connectivity index (χ0) is 28.4. The number of hydrogen-bond acceptors (Lipinski definition) is 7. The van der Waals surface area contributed by atoms with Gasteiger partial charge in [-0.2, -0.15) is 4.31 Å². The van der Waals surface area contributed by atoms with E-state index in [2.05, 4.69) is 18.7 Å². The summed E-state index contributed by atoms with van der Waals surface area (Å²) in [5.41, 5.74) is 2.11. The number of benzene rings is 2. The van der Waals surface area contributed by atoms with Crippen molar-refractivity contribution < 1.29 is 17.9 Å². The number of carbonyl (C=O) groups is 1. The highest BCUT2D eigenvalue weighted by molar-refractivity contribution is 7.89. The summed E-state index contributed by atoms with van der Waals surface area (Å²) >= 11 is 7.81. The van der Waals surface area contributed by atoms with Gasteiger partial charge in [0, 0.05) is 49.9 Å². The largest absolute Gasteiger partial charge is 0.379 e. The summed E-state index contributed by atoms with van der Waals surface area (Å²) < 4.78 is 34.7. The number of thiazole rings is 1. The van der Waals surface area contributed by atoms with E-state index < -0.39 is 10.0 Å². The minimum absolute atomic E-state index is 0. The number of carbonyl (C=O) groups excluding carboxylic acids is 1. The highest BCUT2D eigenvalue weighted by Crippen LogP contribution is 2.34. The minimum Gasteiger partial charge on any atom is -0.379 e. The van der Waals surface area contributed by atoms with Gasteiger partial charge in [-0.15, -0.1) is 12.4 Å². The third-order valence-corrected chi connectivity index (χ3v) is 11.0. The Morgan fingerprint density at radius 1 is 1.10 bits per heavy atom. The van der Waals surface area contributed by atoms with Crippen LogP contribution in [0.4, 0.5) is 5.13 Å². The summed E-state index contributed by atoms with van der Waals surface area (Å²) in [5.74, 6) is 0.435. The smallest absolute Gasteiger partial charge is 0.260 e. The van der Waals surface area contributed by atoms with E-state index in [4.69, 9.17) is 21.3 Å². The van der Waals surface area contributed by atoms with Gasteiger partial charge in [0.05, 0.1) is 28.3 Å². The van der Waals surface area contributed by atoms with Crippen molar-refractivity contribution >= 4 is 66.6 Å². The summed E-state index contributed by atoms with van der Waals surface area (Å²) in [5, 5.41) is 1.25. The van der Waals surface area contributed by atoms with Gasteiger partial charge in [-0.3, -0.25) is 14.6 Å². The van der Waals surface area contributed by atoms with Crippen molar-refractivity contribution in [3.05, 3.63) is 52.5 Å². The molecule has 8 nitrogen and oxygen atoms in total. The molecule has 1 amide bonds. The van der Waals surface area contributed by atoms with Crippen LogP contribution in [-0.4, -0.2) is 81.0 Å². The van der Waals surface area contributed by atoms with E-state index in [0.29, 0.717) is 47.2 Å². The van der Waals surface area contributed by atoms with Crippen molar-refractivity contribution in [1.29, 1.82) is 0 Å². The van der Waals surface area contributed by atoms with Gasteiger partial charge >= 0.3 is 0 Å². The van der Waals surface area contributed by atoms with Crippen LogP contribution in [0.3, 0.4) is 0 Å². The second kappa shape index (κ2) is 13.7. The van der Waals surface area contributed by atoms with E-state index in [1.165, 1.54) is 11.3 Å². The van der Waals surface area contributed by atoms with E-state index in [-0.39, 0.29) is 23.2 Å². The van der Waals surface area contributed by atoms with E-state index in [9.17, 15) is 13.2 Å². The van der Waals surface area contributed by atoms with Crippen LogP contribution in [0.2, 0.25) is 5.02 Å². The maximum Gasteiger partial charge on any atom is 0.260 e. The fraction of sp³-hybridized carbons (Fsp3) is 0.517. The van der Waals surface area contributed by atoms with Crippen molar-refractivity contribution in [1.82, 2.24) is 14.2 Å². The predicted octanol–water partition coefficient (Wildman–Crippen LogP) is 5.72. The van der Waals surface area contributed by atoms with Crippen molar-refractivity contribution in [2.75, 3.05) is 57.4 Å². The lowest BCUT2D eigenvalue weighted by Gasteiger charge is -2.34. The number of amides is 1. The van der Waals surface area contributed by atoms with Gasteiger partial charge in [-0.25, -0.2) is 13.4 Å². The fourth-order valence-electron chi connectivity index (χ4n) is 5.64.